The molecule has 0 saturated carbocycles. The molecule has 1 saturated heterocycles. The molecule has 30 heavy (non-hydrogen) atoms. The van der Waals surface area contributed by atoms with Crippen LogP contribution < -0.4 is 20.4 Å². The second-order valence-electron chi connectivity index (χ2n) is 7.14. The highest BCUT2D eigenvalue weighted by Gasteiger charge is 2.33. The van der Waals surface area contributed by atoms with Crippen LogP contribution in [0.2, 0.25) is 0 Å². The lowest BCUT2D eigenvalue weighted by Gasteiger charge is -2.27. The summed E-state index contributed by atoms with van der Waals surface area (Å²) < 4.78 is 39.2. The molecule has 2 aromatic rings. The number of urea groups is 1. The Morgan fingerprint density at radius 2 is 1.80 bits per heavy atom. The zero-order valence-corrected chi connectivity index (χ0v) is 16.8. The van der Waals surface area contributed by atoms with Gasteiger partial charge in [-0.15, -0.1) is 0 Å². The molecule has 0 unspecified atom stereocenters. The second kappa shape index (κ2) is 9.14. The van der Waals surface area contributed by atoms with Crippen molar-refractivity contribution >= 4 is 23.6 Å². The van der Waals surface area contributed by atoms with E-state index in [1.54, 1.807) is 19.0 Å². The van der Waals surface area contributed by atoms with Gasteiger partial charge in [-0.3, -0.25) is 0 Å². The zero-order valence-electron chi connectivity index (χ0n) is 16.8. The Labute approximate surface area is 172 Å². The molecule has 2 amide bonds. The van der Waals surface area contributed by atoms with Crippen LogP contribution in [0, 0.1) is 0 Å². The van der Waals surface area contributed by atoms with Gasteiger partial charge in [0, 0.05) is 27.2 Å². The SMILES string of the molecule is CN(C)c1nc(CNC(=O)Nc2ccccc2C(F)(F)F)nc(N2CCCCC2)n1. The van der Waals surface area contributed by atoms with Gasteiger partial charge in [0.05, 0.1) is 17.8 Å². The number of alkyl halides is 3. The highest BCUT2D eigenvalue weighted by Crippen LogP contribution is 2.34. The number of halogens is 3. The number of nitrogens with zero attached hydrogens (tertiary/aromatic N) is 5. The number of benzene rings is 1. The van der Waals surface area contributed by atoms with Crippen molar-refractivity contribution in [2.75, 3.05) is 42.3 Å². The van der Waals surface area contributed by atoms with E-state index in [1.807, 2.05) is 0 Å². The van der Waals surface area contributed by atoms with Gasteiger partial charge in [-0.25, -0.2) is 4.79 Å². The van der Waals surface area contributed by atoms with Gasteiger partial charge in [-0.05, 0) is 31.4 Å². The number of hydrogen-bond acceptors (Lipinski definition) is 6. The largest absolute Gasteiger partial charge is 0.418 e. The summed E-state index contributed by atoms with van der Waals surface area (Å²) in [6, 6.07) is 4.02. The number of rotatable bonds is 5. The van der Waals surface area contributed by atoms with Crippen LogP contribution in [0.25, 0.3) is 0 Å². The minimum atomic E-state index is -4.57. The van der Waals surface area contributed by atoms with E-state index in [0.29, 0.717) is 17.7 Å². The molecule has 1 fully saturated rings. The smallest absolute Gasteiger partial charge is 0.347 e. The number of aromatic nitrogens is 3. The van der Waals surface area contributed by atoms with E-state index in [4.69, 9.17) is 0 Å². The number of hydrogen-bond donors (Lipinski definition) is 2. The fraction of sp³-hybridized carbons (Fsp3) is 0.474. The first-order valence-corrected chi connectivity index (χ1v) is 9.62. The van der Waals surface area contributed by atoms with E-state index >= 15 is 0 Å². The number of para-hydroxylation sites is 1. The molecule has 1 aliphatic heterocycles. The summed E-state index contributed by atoms with van der Waals surface area (Å²) in [6.45, 7) is 1.64. The van der Waals surface area contributed by atoms with Gasteiger partial charge in [0.2, 0.25) is 11.9 Å². The second-order valence-corrected chi connectivity index (χ2v) is 7.14. The molecule has 2 heterocycles. The average Bonchev–Trinajstić information content (AvgIpc) is 2.72. The summed E-state index contributed by atoms with van der Waals surface area (Å²) in [5.41, 5.74) is -1.23. The van der Waals surface area contributed by atoms with Crippen molar-refractivity contribution < 1.29 is 18.0 Å². The summed E-state index contributed by atoms with van der Waals surface area (Å²) in [6.07, 6.45) is -1.30. The van der Waals surface area contributed by atoms with Crippen LogP contribution in [-0.4, -0.2) is 48.2 Å². The number of piperidine rings is 1. The Morgan fingerprint density at radius 3 is 2.47 bits per heavy atom. The Balaban J connectivity index is 1.71. The number of anilines is 3. The lowest BCUT2D eigenvalue weighted by atomic mass is 10.1. The van der Waals surface area contributed by atoms with Crippen LogP contribution in [0.5, 0.6) is 0 Å². The predicted molar refractivity (Wildman–Crippen MR) is 108 cm³/mol. The fourth-order valence-electron chi connectivity index (χ4n) is 3.07. The van der Waals surface area contributed by atoms with Gasteiger partial charge in [-0.1, -0.05) is 12.1 Å². The third-order valence-corrected chi connectivity index (χ3v) is 4.58. The summed E-state index contributed by atoms with van der Waals surface area (Å²) in [4.78, 5) is 29.2. The zero-order chi connectivity index (χ0) is 21.7. The number of amides is 2. The standard InChI is InChI=1S/C19H24F3N7O/c1-28(2)16-25-15(26-17(27-16)29-10-6-3-7-11-29)12-23-18(30)24-14-9-5-4-8-13(14)19(20,21)22/h4-5,8-9H,3,6-7,10-12H2,1-2H3,(H2,23,24,30). The minimum absolute atomic E-state index is 0.0514. The van der Waals surface area contributed by atoms with E-state index in [9.17, 15) is 18.0 Å². The first-order valence-electron chi connectivity index (χ1n) is 9.62. The van der Waals surface area contributed by atoms with E-state index in [2.05, 4.69) is 30.5 Å². The van der Waals surface area contributed by atoms with E-state index in [-0.39, 0.29) is 12.2 Å². The lowest BCUT2D eigenvalue weighted by Crippen LogP contribution is -2.33. The highest BCUT2D eigenvalue weighted by atomic mass is 19.4. The molecule has 11 heteroatoms. The predicted octanol–water partition coefficient (Wildman–Crippen LogP) is 3.27. The molecule has 1 aliphatic rings. The molecule has 0 aliphatic carbocycles. The maximum absolute atomic E-state index is 13.1. The van der Waals surface area contributed by atoms with E-state index < -0.39 is 17.8 Å². The van der Waals surface area contributed by atoms with Gasteiger partial charge < -0.3 is 20.4 Å². The molecule has 3 rings (SSSR count). The van der Waals surface area contributed by atoms with Crippen LogP contribution in [0.3, 0.4) is 0 Å². The van der Waals surface area contributed by atoms with Crippen LogP contribution in [-0.2, 0) is 12.7 Å². The molecular weight excluding hydrogens is 399 g/mol. The molecule has 1 aromatic heterocycles. The van der Waals surface area contributed by atoms with Gasteiger partial charge in [0.25, 0.3) is 0 Å². The van der Waals surface area contributed by atoms with Gasteiger partial charge in [0.15, 0.2) is 5.82 Å². The van der Waals surface area contributed by atoms with Crippen molar-refractivity contribution in [3.05, 3.63) is 35.7 Å². The van der Waals surface area contributed by atoms with E-state index in [1.165, 1.54) is 18.2 Å². The van der Waals surface area contributed by atoms with Crippen molar-refractivity contribution in [1.29, 1.82) is 0 Å². The molecule has 8 nitrogen and oxygen atoms in total. The van der Waals surface area contributed by atoms with Crippen molar-refractivity contribution in [1.82, 2.24) is 20.3 Å². The third-order valence-electron chi connectivity index (χ3n) is 4.58. The van der Waals surface area contributed by atoms with Crippen LogP contribution in [0.15, 0.2) is 24.3 Å². The topological polar surface area (TPSA) is 86.3 Å². The molecular formula is C19H24F3N7O. The van der Waals surface area contributed by atoms with Crippen molar-refractivity contribution in [2.45, 2.75) is 32.0 Å². The average molecular weight is 423 g/mol. The molecule has 1 aromatic carbocycles. The quantitative estimate of drug-likeness (QED) is 0.768. The fourth-order valence-corrected chi connectivity index (χ4v) is 3.07. The summed E-state index contributed by atoms with van der Waals surface area (Å²) in [5.74, 6) is 1.31. The van der Waals surface area contributed by atoms with Crippen molar-refractivity contribution in [3.8, 4) is 0 Å². The third kappa shape index (κ3) is 5.49. The van der Waals surface area contributed by atoms with Crippen molar-refractivity contribution in [2.24, 2.45) is 0 Å². The van der Waals surface area contributed by atoms with Crippen molar-refractivity contribution in [3.63, 3.8) is 0 Å². The highest BCUT2D eigenvalue weighted by molar-refractivity contribution is 5.90. The molecule has 0 radical (unpaired) electrons. The number of nitrogens with one attached hydrogen (secondary N) is 2. The first kappa shape index (κ1) is 21.6. The maximum atomic E-state index is 13.1. The minimum Gasteiger partial charge on any atom is -0.347 e. The summed E-state index contributed by atoms with van der Waals surface area (Å²) in [7, 11) is 3.60. The normalized spacial score (nSPS) is 14.4. The molecule has 2 N–H and O–H groups in total. The Kier molecular flexibility index (Phi) is 6.58. The Bertz CT molecular complexity index is 883. The van der Waals surface area contributed by atoms with Crippen LogP contribution >= 0.6 is 0 Å². The monoisotopic (exact) mass is 423 g/mol. The molecule has 162 valence electrons. The van der Waals surface area contributed by atoms with Gasteiger partial charge >= 0.3 is 12.2 Å². The lowest BCUT2D eigenvalue weighted by molar-refractivity contribution is -0.136. The number of carbonyl (C=O) groups is 1. The summed E-state index contributed by atoms with van der Waals surface area (Å²) in [5, 5.41) is 4.76. The summed E-state index contributed by atoms with van der Waals surface area (Å²) >= 11 is 0. The Morgan fingerprint density at radius 1 is 1.10 bits per heavy atom. The molecule has 0 atom stereocenters. The molecule has 0 bridgehead atoms. The van der Waals surface area contributed by atoms with Gasteiger partial charge in [-0.2, -0.15) is 28.1 Å². The van der Waals surface area contributed by atoms with Crippen LogP contribution in [0.1, 0.15) is 30.7 Å². The molecule has 0 spiro atoms. The number of carbonyl (C=O) groups excluding carboxylic acids is 1. The van der Waals surface area contributed by atoms with Crippen LogP contribution in [0.4, 0.5) is 35.5 Å². The van der Waals surface area contributed by atoms with Gasteiger partial charge in [0.1, 0.15) is 0 Å². The Hall–Kier alpha value is -3.11. The first-order chi connectivity index (χ1) is 14.2. The maximum Gasteiger partial charge on any atom is 0.418 e. The van der Waals surface area contributed by atoms with E-state index in [0.717, 1.165) is 38.4 Å².